The van der Waals surface area contributed by atoms with Crippen LogP contribution >= 0.6 is 0 Å². The molecular weight excluding hydrogens is 292 g/mol. The number of benzene rings is 1. The molecule has 3 rings (SSSR count). The van der Waals surface area contributed by atoms with Gasteiger partial charge >= 0.3 is 0 Å². The Kier molecular flexibility index (Phi) is 4.73. The van der Waals surface area contributed by atoms with E-state index in [1.165, 1.54) is 5.69 Å². The average Bonchev–Trinajstić information content (AvgIpc) is 2.60. The van der Waals surface area contributed by atoms with Crippen molar-refractivity contribution in [3.63, 3.8) is 0 Å². The summed E-state index contributed by atoms with van der Waals surface area (Å²) in [5.74, 6) is 0.0143. The maximum atomic E-state index is 9.65. The Balaban J connectivity index is 1.60. The van der Waals surface area contributed by atoms with E-state index in [-0.39, 0.29) is 11.4 Å². The van der Waals surface area contributed by atoms with Crippen LogP contribution < -0.4 is 4.90 Å². The molecule has 1 saturated heterocycles. The lowest BCUT2D eigenvalue weighted by Crippen LogP contribution is -2.46. The zero-order chi connectivity index (χ0) is 16.1. The van der Waals surface area contributed by atoms with Crippen molar-refractivity contribution in [1.82, 2.24) is 9.88 Å². The van der Waals surface area contributed by atoms with Crippen molar-refractivity contribution in [3.8, 4) is 5.75 Å². The van der Waals surface area contributed by atoms with Gasteiger partial charge in [0.2, 0.25) is 0 Å². The Bertz CT molecular complexity index is 668. The van der Waals surface area contributed by atoms with Gasteiger partial charge in [-0.15, -0.1) is 0 Å². The van der Waals surface area contributed by atoms with Crippen LogP contribution in [0.5, 0.6) is 5.75 Å². The summed E-state index contributed by atoms with van der Waals surface area (Å²) < 4.78 is 0. The van der Waals surface area contributed by atoms with Crippen molar-refractivity contribution < 1.29 is 10.3 Å². The smallest absolute Gasteiger partial charge is 0.142 e. The Morgan fingerprint density at radius 2 is 1.78 bits per heavy atom. The van der Waals surface area contributed by atoms with E-state index >= 15 is 0 Å². The third-order valence-corrected chi connectivity index (χ3v) is 4.02. The molecule has 6 heteroatoms. The number of aromatic nitrogens is 1. The first-order chi connectivity index (χ1) is 11.3. The number of hydrogen-bond acceptors (Lipinski definition) is 6. The van der Waals surface area contributed by atoms with E-state index in [1.54, 1.807) is 12.1 Å². The minimum atomic E-state index is 0.0143. The molecule has 0 bridgehead atoms. The molecule has 6 nitrogen and oxygen atoms in total. The van der Waals surface area contributed by atoms with Crippen LogP contribution in [0.4, 0.5) is 5.69 Å². The highest BCUT2D eigenvalue weighted by molar-refractivity contribution is 5.80. The molecule has 120 valence electrons. The molecule has 0 saturated carbocycles. The molecule has 1 aliphatic rings. The lowest BCUT2D eigenvalue weighted by molar-refractivity contribution is 0.247. The van der Waals surface area contributed by atoms with Crippen molar-refractivity contribution in [2.24, 2.45) is 5.16 Å². The largest absolute Gasteiger partial charge is 0.506 e. The topological polar surface area (TPSA) is 72.2 Å². The molecule has 1 aromatic heterocycles. The van der Waals surface area contributed by atoms with E-state index in [0.717, 1.165) is 44.6 Å². The van der Waals surface area contributed by atoms with Gasteiger partial charge in [0.15, 0.2) is 0 Å². The Hall–Kier alpha value is -2.60. The highest BCUT2D eigenvalue weighted by Gasteiger charge is 2.17. The quantitative estimate of drug-likeness (QED) is 0.513. The number of oxime groups is 1. The van der Waals surface area contributed by atoms with Gasteiger partial charge in [-0.25, -0.2) is 4.98 Å². The minimum absolute atomic E-state index is 0.0143. The number of anilines is 1. The van der Waals surface area contributed by atoms with Crippen LogP contribution in [0.15, 0.2) is 47.6 Å². The van der Waals surface area contributed by atoms with Crippen LogP contribution in [0.2, 0.25) is 0 Å². The van der Waals surface area contributed by atoms with Crippen LogP contribution in [0.25, 0.3) is 0 Å². The number of hydrogen-bond donors (Lipinski definition) is 2. The van der Waals surface area contributed by atoms with Crippen molar-refractivity contribution in [3.05, 3.63) is 53.9 Å². The van der Waals surface area contributed by atoms with E-state index in [0.29, 0.717) is 0 Å². The third-order valence-electron chi connectivity index (χ3n) is 4.02. The molecule has 0 atom stereocenters. The van der Waals surface area contributed by atoms with Crippen molar-refractivity contribution in [2.75, 3.05) is 31.1 Å². The van der Waals surface area contributed by atoms with E-state index in [1.807, 2.05) is 6.07 Å². The molecule has 1 aromatic carbocycles. The number of nitrogens with zero attached hydrogens (tertiary/aromatic N) is 4. The zero-order valence-corrected chi connectivity index (χ0v) is 12.8. The number of aromatic hydroxyl groups is 1. The molecule has 2 aromatic rings. The number of rotatable bonds is 4. The fraction of sp³-hybridized carbons (Fsp3) is 0.294. The van der Waals surface area contributed by atoms with Gasteiger partial charge in [-0.2, -0.15) is 0 Å². The molecule has 2 N–H and O–H groups in total. The summed E-state index contributed by atoms with van der Waals surface area (Å²) in [7, 11) is 0. The Labute approximate surface area is 135 Å². The van der Waals surface area contributed by atoms with E-state index < -0.39 is 0 Å². The van der Waals surface area contributed by atoms with E-state index in [2.05, 4.69) is 44.2 Å². The monoisotopic (exact) mass is 312 g/mol. The summed E-state index contributed by atoms with van der Waals surface area (Å²) in [5.41, 5.74) is 2.40. The van der Waals surface area contributed by atoms with Crippen LogP contribution in [-0.2, 0) is 6.54 Å². The van der Waals surface area contributed by atoms with Crippen LogP contribution in [0, 0.1) is 0 Å². The summed E-state index contributed by atoms with van der Waals surface area (Å²) in [5, 5.41) is 21.2. The third kappa shape index (κ3) is 3.78. The maximum Gasteiger partial charge on any atom is 0.142 e. The average molecular weight is 312 g/mol. The van der Waals surface area contributed by atoms with Crippen molar-refractivity contribution in [2.45, 2.75) is 6.54 Å². The molecule has 0 spiro atoms. The fourth-order valence-electron chi connectivity index (χ4n) is 2.78. The first-order valence-electron chi connectivity index (χ1n) is 7.65. The molecule has 23 heavy (non-hydrogen) atoms. The molecular formula is C17H20N4O2. The van der Waals surface area contributed by atoms with Gasteiger partial charge in [0.1, 0.15) is 11.4 Å². The van der Waals surface area contributed by atoms with Gasteiger partial charge in [0.05, 0.1) is 11.9 Å². The van der Waals surface area contributed by atoms with Gasteiger partial charge < -0.3 is 15.2 Å². The molecule has 0 amide bonds. The van der Waals surface area contributed by atoms with Gasteiger partial charge in [-0.05, 0) is 24.3 Å². The first-order valence-corrected chi connectivity index (χ1v) is 7.65. The second-order valence-corrected chi connectivity index (χ2v) is 5.55. The number of para-hydroxylation sites is 1. The van der Waals surface area contributed by atoms with Gasteiger partial charge in [0.25, 0.3) is 0 Å². The minimum Gasteiger partial charge on any atom is -0.506 e. The van der Waals surface area contributed by atoms with Gasteiger partial charge in [-0.1, -0.05) is 23.4 Å². The highest BCUT2D eigenvalue weighted by Crippen LogP contribution is 2.18. The molecule has 1 aliphatic heterocycles. The normalized spacial score (nSPS) is 16.1. The van der Waals surface area contributed by atoms with Gasteiger partial charge in [0, 0.05) is 38.4 Å². The summed E-state index contributed by atoms with van der Waals surface area (Å²) in [6.07, 6.45) is 1.15. The number of piperazine rings is 1. The lowest BCUT2D eigenvalue weighted by atomic mass is 10.2. The highest BCUT2D eigenvalue weighted by atomic mass is 16.4. The van der Waals surface area contributed by atoms with Crippen LogP contribution in [0.3, 0.4) is 0 Å². The Morgan fingerprint density at radius 1 is 1.04 bits per heavy atom. The first kappa shape index (κ1) is 15.3. The molecule has 0 aliphatic carbocycles. The van der Waals surface area contributed by atoms with Crippen molar-refractivity contribution in [1.29, 1.82) is 0 Å². The summed E-state index contributed by atoms with van der Waals surface area (Å²) >= 11 is 0. The Morgan fingerprint density at radius 3 is 2.48 bits per heavy atom. The predicted molar refractivity (Wildman–Crippen MR) is 89.2 cm³/mol. The van der Waals surface area contributed by atoms with Crippen LogP contribution in [-0.4, -0.2) is 52.6 Å². The maximum absolute atomic E-state index is 9.65. The molecule has 0 unspecified atom stereocenters. The van der Waals surface area contributed by atoms with Crippen molar-refractivity contribution >= 4 is 11.9 Å². The SMILES string of the molecule is O/N=C/c1nc(CN2CCN(c3ccccc3)CC2)ccc1O. The second-order valence-electron chi connectivity index (χ2n) is 5.55. The standard InChI is InChI=1S/C17H20N4O2/c22-17-7-6-14(19-16(17)12-18-23)13-20-8-10-21(11-9-20)15-4-2-1-3-5-15/h1-7,12,22-23H,8-11,13H2/b18-12+. The molecule has 1 fully saturated rings. The molecule has 0 radical (unpaired) electrons. The summed E-state index contributed by atoms with van der Waals surface area (Å²) in [4.78, 5) is 9.03. The van der Waals surface area contributed by atoms with E-state index in [9.17, 15) is 5.11 Å². The summed E-state index contributed by atoms with van der Waals surface area (Å²) in [6, 6.07) is 13.8. The second kappa shape index (κ2) is 7.11. The van der Waals surface area contributed by atoms with Crippen LogP contribution in [0.1, 0.15) is 11.4 Å². The zero-order valence-electron chi connectivity index (χ0n) is 12.8. The molecule has 2 heterocycles. The number of pyridine rings is 1. The van der Waals surface area contributed by atoms with E-state index in [4.69, 9.17) is 5.21 Å². The predicted octanol–water partition coefficient (Wildman–Crippen LogP) is 1.92. The lowest BCUT2D eigenvalue weighted by Gasteiger charge is -2.36. The van der Waals surface area contributed by atoms with Gasteiger partial charge in [-0.3, -0.25) is 4.90 Å². The fourth-order valence-corrected chi connectivity index (χ4v) is 2.78. The summed E-state index contributed by atoms with van der Waals surface area (Å²) in [6.45, 7) is 4.59.